The van der Waals surface area contributed by atoms with Crippen molar-refractivity contribution in [3.63, 3.8) is 0 Å². The molecule has 1 heterocycles. The molecule has 1 fully saturated rings. The second kappa shape index (κ2) is 4.94. The van der Waals surface area contributed by atoms with Gasteiger partial charge >= 0.3 is 6.09 Å². The van der Waals surface area contributed by atoms with Crippen molar-refractivity contribution in [2.45, 2.75) is 45.8 Å². The Hall–Kier alpha value is -1.26. The zero-order valence-electron chi connectivity index (χ0n) is 11.2. The molecule has 2 atom stereocenters. The van der Waals surface area contributed by atoms with Crippen molar-refractivity contribution < 1.29 is 14.3 Å². The van der Waals surface area contributed by atoms with E-state index in [1.165, 1.54) is 0 Å². The van der Waals surface area contributed by atoms with Gasteiger partial charge in [-0.1, -0.05) is 0 Å². The number of carbonyl (C=O) groups is 2. The van der Waals surface area contributed by atoms with Crippen LogP contribution < -0.4 is 5.32 Å². The van der Waals surface area contributed by atoms with E-state index in [0.29, 0.717) is 13.0 Å². The minimum atomic E-state index is -0.491. The van der Waals surface area contributed by atoms with Gasteiger partial charge in [0.1, 0.15) is 5.60 Å². The van der Waals surface area contributed by atoms with Crippen LogP contribution in [0.15, 0.2) is 0 Å². The molecule has 0 saturated carbocycles. The molecule has 1 aliphatic rings. The molecule has 0 spiro atoms. The lowest BCUT2D eigenvalue weighted by Gasteiger charge is -2.31. The predicted octanol–water partition coefficient (Wildman–Crippen LogP) is 1.38. The van der Waals surface area contributed by atoms with E-state index >= 15 is 0 Å². The molecule has 0 aromatic heterocycles. The van der Waals surface area contributed by atoms with Crippen LogP contribution in [0.25, 0.3) is 0 Å². The van der Waals surface area contributed by atoms with Crippen molar-refractivity contribution in [3.05, 3.63) is 0 Å². The van der Waals surface area contributed by atoms with Crippen LogP contribution in [-0.4, -0.2) is 42.1 Å². The Bertz CT molecular complexity index is 309. The largest absolute Gasteiger partial charge is 0.444 e. The van der Waals surface area contributed by atoms with Gasteiger partial charge < -0.3 is 15.0 Å². The second-order valence-corrected chi connectivity index (χ2v) is 5.60. The summed E-state index contributed by atoms with van der Waals surface area (Å²) in [6.07, 6.45) is 0.137. The third-order valence-corrected chi connectivity index (χ3v) is 2.98. The first-order chi connectivity index (χ1) is 7.70. The van der Waals surface area contributed by atoms with Gasteiger partial charge in [0.25, 0.3) is 0 Å². The molecule has 0 aliphatic carbocycles. The molecule has 17 heavy (non-hydrogen) atoms. The van der Waals surface area contributed by atoms with E-state index in [0.717, 1.165) is 0 Å². The van der Waals surface area contributed by atoms with Crippen LogP contribution >= 0.6 is 0 Å². The zero-order valence-corrected chi connectivity index (χ0v) is 11.2. The normalized spacial score (nSPS) is 21.9. The van der Waals surface area contributed by atoms with Crippen LogP contribution in [0.4, 0.5) is 4.79 Å². The fourth-order valence-electron chi connectivity index (χ4n) is 1.78. The van der Waals surface area contributed by atoms with E-state index in [4.69, 9.17) is 4.74 Å². The third kappa shape index (κ3) is 3.91. The zero-order chi connectivity index (χ0) is 13.2. The van der Waals surface area contributed by atoms with E-state index in [1.807, 2.05) is 27.7 Å². The Morgan fingerprint density at radius 2 is 2.12 bits per heavy atom. The van der Waals surface area contributed by atoms with Crippen molar-refractivity contribution in [1.82, 2.24) is 10.2 Å². The van der Waals surface area contributed by atoms with Crippen LogP contribution in [0.3, 0.4) is 0 Å². The first kappa shape index (κ1) is 13.8. The monoisotopic (exact) mass is 242 g/mol. The maximum Gasteiger partial charge on any atom is 0.410 e. The van der Waals surface area contributed by atoms with E-state index in [1.54, 1.807) is 11.9 Å². The number of ether oxygens (including phenoxy) is 1. The van der Waals surface area contributed by atoms with Crippen molar-refractivity contribution in [2.75, 3.05) is 13.6 Å². The fourth-order valence-corrected chi connectivity index (χ4v) is 1.78. The number of hydrogen-bond acceptors (Lipinski definition) is 3. The van der Waals surface area contributed by atoms with Crippen molar-refractivity contribution in [3.8, 4) is 0 Å². The summed E-state index contributed by atoms with van der Waals surface area (Å²) < 4.78 is 5.29. The topological polar surface area (TPSA) is 58.6 Å². The fraction of sp³-hybridized carbons (Fsp3) is 0.833. The molecule has 1 rings (SSSR count). The predicted molar refractivity (Wildman–Crippen MR) is 64.6 cm³/mol. The van der Waals surface area contributed by atoms with Crippen LogP contribution in [0.2, 0.25) is 0 Å². The molecule has 98 valence electrons. The molecule has 0 bridgehead atoms. The summed E-state index contributed by atoms with van der Waals surface area (Å²) >= 11 is 0. The quantitative estimate of drug-likeness (QED) is 0.795. The standard InChI is InChI=1S/C12H22N2O3/c1-8(9-6-10(15)13-7-9)14(5)11(16)17-12(2,3)4/h8-9H,6-7H2,1-5H3,(H,13,15). The molecule has 0 aromatic carbocycles. The minimum absolute atomic E-state index is 0.0104. The number of nitrogens with zero attached hydrogens (tertiary/aromatic N) is 1. The van der Waals surface area contributed by atoms with Gasteiger partial charge in [0, 0.05) is 32.0 Å². The highest BCUT2D eigenvalue weighted by Gasteiger charge is 2.32. The number of nitrogens with one attached hydrogen (secondary N) is 1. The molecule has 1 aliphatic heterocycles. The van der Waals surface area contributed by atoms with Gasteiger partial charge in [-0.3, -0.25) is 4.79 Å². The van der Waals surface area contributed by atoms with Crippen molar-refractivity contribution in [1.29, 1.82) is 0 Å². The summed E-state index contributed by atoms with van der Waals surface area (Å²) in [5.41, 5.74) is -0.491. The number of carbonyl (C=O) groups excluding carboxylic acids is 2. The van der Waals surface area contributed by atoms with Gasteiger partial charge in [-0.25, -0.2) is 4.79 Å². The average molecular weight is 242 g/mol. The highest BCUT2D eigenvalue weighted by atomic mass is 16.6. The van der Waals surface area contributed by atoms with E-state index in [-0.39, 0.29) is 24.0 Å². The molecular weight excluding hydrogens is 220 g/mol. The molecule has 5 nitrogen and oxygen atoms in total. The highest BCUT2D eigenvalue weighted by Crippen LogP contribution is 2.19. The third-order valence-electron chi connectivity index (χ3n) is 2.98. The summed E-state index contributed by atoms with van der Waals surface area (Å²) in [6.45, 7) is 8.08. The summed E-state index contributed by atoms with van der Waals surface area (Å²) in [6, 6.07) is -0.0104. The van der Waals surface area contributed by atoms with Crippen molar-refractivity contribution in [2.24, 2.45) is 5.92 Å². The molecule has 2 amide bonds. The summed E-state index contributed by atoms with van der Waals surface area (Å²) in [5, 5.41) is 2.77. The molecule has 2 unspecified atom stereocenters. The minimum Gasteiger partial charge on any atom is -0.444 e. The van der Waals surface area contributed by atoms with Gasteiger partial charge in [0.15, 0.2) is 0 Å². The molecule has 5 heteroatoms. The Morgan fingerprint density at radius 3 is 2.53 bits per heavy atom. The molecule has 1 saturated heterocycles. The van der Waals surface area contributed by atoms with Gasteiger partial charge in [0.2, 0.25) is 5.91 Å². The molecule has 0 radical (unpaired) electrons. The van der Waals surface area contributed by atoms with Crippen molar-refractivity contribution >= 4 is 12.0 Å². The van der Waals surface area contributed by atoms with Crippen LogP contribution in [0.5, 0.6) is 0 Å². The number of amides is 2. The second-order valence-electron chi connectivity index (χ2n) is 5.60. The highest BCUT2D eigenvalue weighted by molar-refractivity contribution is 5.78. The van der Waals surface area contributed by atoms with E-state index in [2.05, 4.69) is 5.32 Å². The number of hydrogen-bond donors (Lipinski definition) is 1. The molecule has 1 N–H and O–H groups in total. The smallest absolute Gasteiger partial charge is 0.410 e. The van der Waals surface area contributed by atoms with Crippen LogP contribution in [0, 0.1) is 5.92 Å². The van der Waals surface area contributed by atoms with Gasteiger partial charge in [-0.15, -0.1) is 0 Å². The van der Waals surface area contributed by atoms with E-state index < -0.39 is 5.60 Å². The lowest BCUT2D eigenvalue weighted by atomic mass is 9.99. The maximum absolute atomic E-state index is 11.8. The Kier molecular flexibility index (Phi) is 4.01. The summed E-state index contributed by atoms with van der Waals surface area (Å²) in [4.78, 5) is 24.5. The van der Waals surface area contributed by atoms with E-state index in [9.17, 15) is 9.59 Å². The van der Waals surface area contributed by atoms with Crippen LogP contribution in [0.1, 0.15) is 34.1 Å². The Labute approximate surface area is 102 Å². The SMILES string of the molecule is CC(C1CNC(=O)C1)N(C)C(=O)OC(C)(C)C. The number of rotatable bonds is 2. The van der Waals surface area contributed by atoms with Gasteiger partial charge in [-0.2, -0.15) is 0 Å². The molecule has 0 aromatic rings. The van der Waals surface area contributed by atoms with Crippen LogP contribution in [-0.2, 0) is 9.53 Å². The molecular formula is C12H22N2O3. The first-order valence-corrected chi connectivity index (χ1v) is 5.93. The first-order valence-electron chi connectivity index (χ1n) is 5.93. The van der Waals surface area contributed by atoms with Gasteiger partial charge in [0.05, 0.1) is 0 Å². The summed E-state index contributed by atoms with van der Waals surface area (Å²) in [7, 11) is 1.71. The summed E-state index contributed by atoms with van der Waals surface area (Å²) in [5.74, 6) is 0.222. The Balaban J connectivity index is 2.54. The Morgan fingerprint density at radius 1 is 1.53 bits per heavy atom. The van der Waals surface area contributed by atoms with Gasteiger partial charge in [-0.05, 0) is 27.7 Å². The lowest BCUT2D eigenvalue weighted by molar-refractivity contribution is -0.119. The average Bonchev–Trinajstić information content (AvgIpc) is 2.60. The maximum atomic E-state index is 11.8. The lowest BCUT2D eigenvalue weighted by Crippen LogP contribution is -2.43.